The van der Waals surface area contributed by atoms with Gasteiger partial charge in [0.2, 0.25) is 0 Å². The maximum atomic E-state index is 13.7. The number of esters is 1. The molecular formula is C10H12FNO3. The number of methoxy groups -OCH3 is 2. The first-order chi connectivity index (χ1) is 7.15. The number of benzene rings is 1. The summed E-state index contributed by atoms with van der Waals surface area (Å²) < 4.78 is 22.9. The molecule has 1 aromatic carbocycles. The van der Waals surface area contributed by atoms with Gasteiger partial charge in [-0.15, -0.1) is 0 Å². The number of ether oxygens (including phenoxy) is 2. The molecule has 0 heterocycles. The predicted molar refractivity (Wildman–Crippen MR) is 52.2 cm³/mol. The monoisotopic (exact) mass is 213 g/mol. The van der Waals surface area contributed by atoms with Crippen molar-refractivity contribution in [3.63, 3.8) is 0 Å². The molecule has 0 unspecified atom stereocenters. The summed E-state index contributed by atoms with van der Waals surface area (Å²) in [5.41, 5.74) is 5.61. The number of hydrogen-bond donors (Lipinski definition) is 1. The molecule has 0 aliphatic carbocycles. The van der Waals surface area contributed by atoms with Crippen LogP contribution in [-0.4, -0.2) is 20.2 Å². The van der Waals surface area contributed by atoms with Crippen LogP contribution in [0.5, 0.6) is 5.75 Å². The van der Waals surface area contributed by atoms with Crippen LogP contribution >= 0.6 is 0 Å². The van der Waals surface area contributed by atoms with E-state index in [4.69, 9.17) is 10.5 Å². The summed E-state index contributed by atoms with van der Waals surface area (Å²) in [6.07, 6.45) is 0. The van der Waals surface area contributed by atoms with Crippen molar-refractivity contribution in [2.75, 3.05) is 14.2 Å². The molecule has 0 saturated heterocycles. The van der Waals surface area contributed by atoms with Crippen LogP contribution in [-0.2, 0) is 11.3 Å². The van der Waals surface area contributed by atoms with Gasteiger partial charge in [-0.1, -0.05) is 6.07 Å². The second kappa shape index (κ2) is 4.75. The van der Waals surface area contributed by atoms with Crippen LogP contribution in [0.2, 0.25) is 0 Å². The summed E-state index contributed by atoms with van der Waals surface area (Å²) in [7, 11) is 2.50. The average Bonchev–Trinajstić information content (AvgIpc) is 2.27. The summed E-state index contributed by atoms with van der Waals surface area (Å²) >= 11 is 0. The summed E-state index contributed by atoms with van der Waals surface area (Å²) in [6, 6.07) is 2.96. The highest BCUT2D eigenvalue weighted by Crippen LogP contribution is 2.24. The fourth-order valence-electron chi connectivity index (χ4n) is 1.25. The SMILES string of the molecule is COC(=O)c1c(CN)ccc(OC)c1F. The van der Waals surface area contributed by atoms with Crippen molar-refractivity contribution in [2.24, 2.45) is 5.73 Å². The van der Waals surface area contributed by atoms with Crippen molar-refractivity contribution >= 4 is 5.97 Å². The predicted octanol–water partition coefficient (Wildman–Crippen LogP) is 1.08. The first kappa shape index (κ1) is 11.5. The second-order valence-corrected chi connectivity index (χ2v) is 2.81. The molecule has 0 aromatic heterocycles. The normalized spacial score (nSPS) is 9.87. The number of nitrogens with two attached hydrogens (primary N) is 1. The highest BCUT2D eigenvalue weighted by Gasteiger charge is 2.20. The lowest BCUT2D eigenvalue weighted by Crippen LogP contribution is -2.12. The first-order valence-electron chi connectivity index (χ1n) is 4.29. The topological polar surface area (TPSA) is 61.5 Å². The van der Waals surface area contributed by atoms with E-state index >= 15 is 0 Å². The molecule has 0 saturated carbocycles. The van der Waals surface area contributed by atoms with Gasteiger partial charge in [-0.05, 0) is 11.6 Å². The van der Waals surface area contributed by atoms with Gasteiger partial charge in [-0.25, -0.2) is 9.18 Å². The van der Waals surface area contributed by atoms with E-state index in [9.17, 15) is 9.18 Å². The molecule has 0 aliphatic heterocycles. The zero-order valence-electron chi connectivity index (χ0n) is 8.54. The largest absolute Gasteiger partial charge is 0.494 e. The van der Waals surface area contributed by atoms with Gasteiger partial charge in [0.1, 0.15) is 5.56 Å². The lowest BCUT2D eigenvalue weighted by molar-refractivity contribution is 0.0593. The maximum absolute atomic E-state index is 13.7. The van der Waals surface area contributed by atoms with E-state index in [0.29, 0.717) is 5.56 Å². The Kier molecular flexibility index (Phi) is 3.62. The highest BCUT2D eigenvalue weighted by atomic mass is 19.1. The molecule has 0 aliphatic rings. The third kappa shape index (κ3) is 2.07. The standard InChI is InChI=1S/C10H12FNO3/c1-14-7-4-3-6(5-12)8(9(7)11)10(13)15-2/h3-4H,5,12H2,1-2H3. The molecule has 0 amide bonds. The molecule has 15 heavy (non-hydrogen) atoms. The van der Waals surface area contributed by atoms with E-state index < -0.39 is 11.8 Å². The second-order valence-electron chi connectivity index (χ2n) is 2.81. The first-order valence-corrected chi connectivity index (χ1v) is 4.29. The quantitative estimate of drug-likeness (QED) is 0.763. The van der Waals surface area contributed by atoms with Crippen molar-refractivity contribution in [1.82, 2.24) is 0 Å². The lowest BCUT2D eigenvalue weighted by Gasteiger charge is -2.10. The summed E-state index contributed by atoms with van der Waals surface area (Å²) in [6.45, 7) is 0.0609. The van der Waals surface area contributed by atoms with E-state index in [1.165, 1.54) is 26.4 Å². The van der Waals surface area contributed by atoms with Gasteiger partial charge in [0.25, 0.3) is 0 Å². The highest BCUT2D eigenvalue weighted by molar-refractivity contribution is 5.91. The van der Waals surface area contributed by atoms with Crippen molar-refractivity contribution < 1.29 is 18.7 Å². The molecule has 0 spiro atoms. The zero-order valence-corrected chi connectivity index (χ0v) is 8.54. The molecule has 82 valence electrons. The van der Waals surface area contributed by atoms with Crippen LogP contribution in [0, 0.1) is 5.82 Å². The van der Waals surface area contributed by atoms with Crippen LogP contribution < -0.4 is 10.5 Å². The summed E-state index contributed by atoms with van der Waals surface area (Å²) in [5.74, 6) is -1.51. The maximum Gasteiger partial charge on any atom is 0.341 e. The lowest BCUT2D eigenvalue weighted by atomic mass is 10.1. The Morgan fingerprint density at radius 3 is 2.60 bits per heavy atom. The Morgan fingerprint density at radius 2 is 2.13 bits per heavy atom. The number of hydrogen-bond acceptors (Lipinski definition) is 4. The number of carbonyl (C=O) groups excluding carboxylic acids is 1. The van der Waals surface area contributed by atoms with Crippen LogP contribution in [0.25, 0.3) is 0 Å². The smallest absolute Gasteiger partial charge is 0.341 e. The Morgan fingerprint density at radius 1 is 1.47 bits per heavy atom. The number of halogens is 1. The van der Waals surface area contributed by atoms with Crippen molar-refractivity contribution in [3.05, 3.63) is 29.1 Å². The van der Waals surface area contributed by atoms with Crippen LogP contribution in [0.4, 0.5) is 4.39 Å². The third-order valence-corrected chi connectivity index (χ3v) is 2.02. The van der Waals surface area contributed by atoms with E-state index in [1.807, 2.05) is 0 Å². The molecule has 1 aromatic rings. The molecule has 0 atom stereocenters. The molecule has 2 N–H and O–H groups in total. The Bertz CT molecular complexity index is 379. The van der Waals surface area contributed by atoms with Gasteiger partial charge in [-0.2, -0.15) is 0 Å². The fraction of sp³-hybridized carbons (Fsp3) is 0.300. The number of carbonyl (C=O) groups is 1. The van der Waals surface area contributed by atoms with Crippen LogP contribution in [0.1, 0.15) is 15.9 Å². The Labute approximate surface area is 86.8 Å². The summed E-state index contributed by atoms with van der Waals surface area (Å²) in [4.78, 5) is 11.3. The van der Waals surface area contributed by atoms with Crippen LogP contribution in [0.15, 0.2) is 12.1 Å². The fourth-order valence-corrected chi connectivity index (χ4v) is 1.25. The van der Waals surface area contributed by atoms with Crippen molar-refractivity contribution in [2.45, 2.75) is 6.54 Å². The Balaban J connectivity index is 3.35. The third-order valence-electron chi connectivity index (χ3n) is 2.02. The van der Waals surface area contributed by atoms with E-state index in [0.717, 1.165) is 0 Å². The molecular weight excluding hydrogens is 201 g/mol. The molecule has 0 fully saturated rings. The van der Waals surface area contributed by atoms with E-state index in [2.05, 4.69) is 4.74 Å². The van der Waals surface area contributed by atoms with Crippen molar-refractivity contribution in [1.29, 1.82) is 0 Å². The molecule has 0 bridgehead atoms. The van der Waals surface area contributed by atoms with Gasteiger partial charge in [0.05, 0.1) is 14.2 Å². The molecule has 5 heteroatoms. The van der Waals surface area contributed by atoms with Gasteiger partial charge < -0.3 is 15.2 Å². The van der Waals surface area contributed by atoms with E-state index in [1.54, 1.807) is 0 Å². The molecule has 4 nitrogen and oxygen atoms in total. The average molecular weight is 213 g/mol. The Hall–Kier alpha value is -1.62. The van der Waals surface area contributed by atoms with Crippen LogP contribution in [0.3, 0.4) is 0 Å². The van der Waals surface area contributed by atoms with Gasteiger partial charge >= 0.3 is 5.97 Å². The van der Waals surface area contributed by atoms with Gasteiger partial charge in [0.15, 0.2) is 11.6 Å². The minimum Gasteiger partial charge on any atom is -0.494 e. The van der Waals surface area contributed by atoms with E-state index in [-0.39, 0.29) is 17.9 Å². The number of rotatable bonds is 3. The van der Waals surface area contributed by atoms with Gasteiger partial charge in [-0.3, -0.25) is 0 Å². The molecule has 0 radical (unpaired) electrons. The molecule has 1 rings (SSSR count). The summed E-state index contributed by atoms with van der Waals surface area (Å²) in [5, 5.41) is 0. The minimum absolute atomic E-state index is 0.00685. The van der Waals surface area contributed by atoms with Crippen molar-refractivity contribution in [3.8, 4) is 5.75 Å². The zero-order chi connectivity index (χ0) is 11.4. The minimum atomic E-state index is -0.758. The van der Waals surface area contributed by atoms with Gasteiger partial charge in [0, 0.05) is 6.54 Å².